The summed E-state index contributed by atoms with van der Waals surface area (Å²) in [5, 5.41) is 13.9. The molecule has 1 aromatic rings. The Morgan fingerprint density at radius 2 is 2.32 bits per heavy atom. The summed E-state index contributed by atoms with van der Waals surface area (Å²) in [6, 6.07) is 0. The van der Waals surface area contributed by atoms with Gasteiger partial charge in [-0.1, -0.05) is 13.3 Å². The summed E-state index contributed by atoms with van der Waals surface area (Å²) >= 11 is 0. The molecule has 1 N–H and O–H groups in total. The van der Waals surface area contributed by atoms with Crippen LogP contribution in [0.4, 0.5) is 0 Å². The Bertz CT molecular complexity index is 444. The number of aryl methyl sites for hydroxylation is 1. The van der Waals surface area contributed by atoms with Crippen LogP contribution in [-0.4, -0.2) is 37.8 Å². The summed E-state index contributed by atoms with van der Waals surface area (Å²) in [5.74, 6) is -0.672. The van der Waals surface area contributed by atoms with Gasteiger partial charge in [0.25, 0.3) is 0 Å². The van der Waals surface area contributed by atoms with Gasteiger partial charge in [0.05, 0.1) is 6.20 Å². The summed E-state index contributed by atoms with van der Waals surface area (Å²) in [6.45, 7) is 6.50. The molecule has 0 radical (unpaired) electrons. The maximum absolute atomic E-state index is 11.7. The van der Waals surface area contributed by atoms with Crippen LogP contribution >= 0.6 is 0 Å². The van der Waals surface area contributed by atoms with Crippen molar-refractivity contribution in [3.63, 3.8) is 0 Å². The summed E-state index contributed by atoms with van der Waals surface area (Å²) in [5.41, 5.74) is 0.439. The van der Waals surface area contributed by atoms with Crippen molar-refractivity contribution in [3.8, 4) is 0 Å². The molecule has 2 heterocycles. The van der Waals surface area contributed by atoms with E-state index in [9.17, 15) is 9.90 Å². The number of carbonyl (C=O) groups is 1. The number of hydrogen-bond acceptors (Lipinski definition) is 3. The summed E-state index contributed by atoms with van der Waals surface area (Å²) < 4.78 is 1.88. The van der Waals surface area contributed by atoms with E-state index in [4.69, 9.17) is 0 Å². The Labute approximate surface area is 114 Å². The van der Waals surface area contributed by atoms with Gasteiger partial charge in [0, 0.05) is 24.8 Å². The number of aliphatic carboxylic acids is 1. The molecule has 1 aliphatic heterocycles. The molecule has 1 saturated heterocycles. The minimum absolute atomic E-state index is 0.664. The largest absolute Gasteiger partial charge is 0.480 e. The van der Waals surface area contributed by atoms with Gasteiger partial charge in [-0.05, 0) is 32.7 Å². The van der Waals surface area contributed by atoms with E-state index in [1.54, 1.807) is 0 Å². The summed E-state index contributed by atoms with van der Waals surface area (Å²) in [7, 11) is 0. The van der Waals surface area contributed by atoms with Crippen molar-refractivity contribution in [1.82, 2.24) is 14.7 Å². The normalized spacial score (nSPS) is 23.9. The van der Waals surface area contributed by atoms with Crippen LogP contribution < -0.4 is 0 Å². The first-order valence-corrected chi connectivity index (χ1v) is 7.12. The third-order valence-electron chi connectivity index (χ3n) is 4.07. The number of rotatable bonds is 6. The van der Waals surface area contributed by atoms with Crippen molar-refractivity contribution in [3.05, 3.63) is 18.0 Å². The Balaban J connectivity index is 2.15. The zero-order valence-corrected chi connectivity index (χ0v) is 11.8. The average Bonchev–Trinajstić information content (AvgIpc) is 2.98. The van der Waals surface area contributed by atoms with Crippen molar-refractivity contribution in [2.45, 2.75) is 58.2 Å². The van der Waals surface area contributed by atoms with Gasteiger partial charge in [-0.3, -0.25) is 14.4 Å². The van der Waals surface area contributed by atoms with E-state index < -0.39 is 11.5 Å². The van der Waals surface area contributed by atoms with E-state index >= 15 is 0 Å². The Hall–Kier alpha value is -1.36. The van der Waals surface area contributed by atoms with Gasteiger partial charge in [0.1, 0.15) is 5.54 Å². The number of likely N-dealkylation sites (tertiary alicyclic amines) is 1. The first kappa shape index (κ1) is 14.1. The van der Waals surface area contributed by atoms with Crippen molar-refractivity contribution in [2.24, 2.45) is 0 Å². The van der Waals surface area contributed by atoms with E-state index in [0.717, 1.165) is 44.3 Å². The van der Waals surface area contributed by atoms with Crippen LogP contribution in [-0.2, 0) is 17.9 Å². The Kier molecular flexibility index (Phi) is 4.24. The molecular weight excluding hydrogens is 242 g/mol. The zero-order valence-electron chi connectivity index (χ0n) is 11.8. The van der Waals surface area contributed by atoms with Crippen molar-refractivity contribution >= 4 is 5.97 Å². The number of nitrogens with zero attached hydrogens (tertiary/aromatic N) is 3. The number of aromatic nitrogens is 2. The van der Waals surface area contributed by atoms with E-state index in [0.29, 0.717) is 6.54 Å². The predicted molar refractivity (Wildman–Crippen MR) is 72.8 cm³/mol. The minimum atomic E-state index is -0.672. The Morgan fingerprint density at radius 1 is 1.53 bits per heavy atom. The lowest BCUT2D eigenvalue weighted by Crippen LogP contribution is -2.49. The standard InChI is InChI=1S/C14H23N3O2/c1-3-6-14(13(18)19)7-5-8-16(14)10-12-9-15-17(4-2)11-12/h9,11H,3-8,10H2,1-2H3,(H,18,19). The molecule has 106 valence electrons. The van der Waals surface area contributed by atoms with Crippen molar-refractivity contribution in [1.29, 1.82) is 0 Å². The number of hydrogen-bond donors (Lipinski definition) is 1. The maximum Gasteiger partial charge on any atom is 0.324 e. The third kappa shape index (κ3) is 2.66. The lowest BCUT2D eigenvalue weighted by Gasteiger charge is -2.34. The molecule has 0 aliphatic carbocycles. The van der Waals surface area contributed by atoms with E-state index in [1.165, 1.54) is 0 Å². The molecule has 2 rings (SSSR count). The molecule has 5 nitrogen and oxygen atoms in total. The Morgan fingerprint density at radius 3 is 2.89 bits per heavy atom. The minimum Gasteiger partial charge on any atom is -0.480 e. The molecule has 1 aliphatic rings. The van der Waals surface area contributed by atoms with Gasteiger partial charge in [0.15, 0.2) is 0 Å². The van der Waals surface area contributed by atoms with Crippen LogP contribution in [0.25, 0.3) is 0 Å². The third-order valence-corrected chi connectivity index (χ3v) is 4.07. The number of carboxylic acid groups (broad SMARTS) is 1. The van der Waals surface area contributed by atoms with E-state index in [-0.39, 0.29) is 0 Å². The average molecular weight is 265 g/mol. The van der Waals surface area contributed by atoms with Crippen LogP contribution in [0.15, 0.2) is 12.4 Å². The molecule has 0 bridgehead atoms. The van der Waals surface area contributed by atoms with Crippen LogP contribution in [0.2, 0.25) is 0 Å². The molecular formula is C14H23N3O2. The summed E-state index contributed by atoms with van der Waals surface area (Å²) in [6.07, 6.45) is 7.21. The SMILES string of the molecule is CCCC1(C(=O)O)CCCN1Cc1cnn(CC)c1. The van der Waals surface area contributed by atoms with Gasteiger partial charge in [0.2, 0.25) is 0 Å². The highest BCUT2D eigenvalue weighted by molar-refractivity contribution is 5.79. The van der Waals surface area contributed by atoms with E-state index in [2.05, 4.69) is 16.9 Å². The fourth-order valence-corrected chi connectivity index (χ4v) is 3.09. The highest BCUT2D eigenvalue weighted by atomic mass is 16.4. The number of carboxylic acids is 1. The molecule has 19 heavy (non-hydrogen) atoms. The summed E-state index contributed by atoms with van der Waals surface area (Å²) in [4.78, 5) is 13.8. The van der Waals surface area contributed by atoms with Crippen molar-refractivity contribution < 1.29 is 9.90 Å². The monoisotopic (exact) mass is 265 g/mol. The fourth-order valence-electron chi connectivity index (χ4n) is 3.09. The molecule has 0 amide bonds. The van der Waals surface area contributed by atoms with Crippen LogP contribution in [0.3, 0.4) is 0 Å². The molecule has 1 atom stereocenters. The van der Waals surface area contributed by atoms with Gasteiger partial charge in [-0.25, -0.2) is 0 Å². The smallest absolute Gasteiger partial charge is 0.324 e. The van der Waals surface area contributed by atoms with Crippen LogP contribution in [0, 0.1) is 0 Å². The van der Waals surface area contributed by atoms with Crippen LogP contribution in [0.1, 0.15) is 45.1 Å². The topological polar surface area (TPSA) is 58.4 Å². The molecule has 1 aromatic heterocycles. The molecule has 5 heteroatoms. The maximum atomic E-state index is 11.7. The van der Waals surface area contributed by atoms with Gasteiger partial charge in [-0.2, -0.15) is 5.10 Å². The van der Waals surface area contributed by atoms with Gasteiger partial charge >= 0.3 is 5.97 Å². The molecule has 1 fully saturated rings. The lowest BCUT2D eigenvalue weighted by atomic mass is 9.90. The fraction of sp³-hybridized carbons (Fsp3) is 0.714. The highest BCUT2D eigenvalue weighted by Crippen LogP contribution is 2.35. The van der Waals surface area contributed by atoms with Gasteiger partial charge in [-0.15, -0.1) is 0 Å². The van der Waals surface area contributed by atoms with Gasteiger partial charge < -0.3 is 5.11 Å². The predicted octanol–water partition coefficient (Wildman–Crippen LogP) is 2.12. The first-order chi connectivity index (χ1) is 9.12. The second-order valence-electron chi connectivity index (χ2n) is 5.32. The molecule has 1 unspecified atom stereocenters. The van der Waals surface area contributed by atoms with E-state index in [1.807, 2.05) is 24.0 Å². The van der Waals surface area contributed by atoms with Crippen LogP contribution in [0.5, 0.6) is 0 Å². The second-order valence-corrected chi connectivity index (χ2v) is 5.32. The second kappa shape index (κ2) is 5.74. The quantitative estimate of drug-likeness (QED) is 0.856. The lowest BCUT2D eigenvalue weighted by molar-refractivity contribution is -0.150. The molecule has 0 aromatic carbocycles. The first-order valence-electron chi connectivity index (χ1n) is 7.12. The molecule has 0 spiro atoms. The molecule has 0 saturated carbocycles. The zero-order chi connectivity index (χ0) is 13.9. The van der Waals surface area contributed by atoms with Crippen molar-refractivity contribution in [2.75, 3.05) is 6.54 Å². The highest BCUT2D eigenvalue weighted by Gasteiger charge is 2.46.